The zero-order valence-electron chi connectivity index (χ0n) is 15.3. The first-order chi connectivity index (χ1) is 12.6. The summed E-state index contributed by atoms with van der Waals surface area (Å²) in [6.45, 7) is 6.42. The van der Waals surface area contributed by atoms with E-state index in [1.54, 1.807) is 11.3 Å². The van der Waals surface area contributed by atoms with E-state index in [9.17, 15) is 0 Å². The second-order valence-electron chi connectivity index (χ2n) is 7.24. The summed E-state index contributed by atoms with van der Waals surface area (Å²) in [6, 6.07) is 4.35. The van der Waals surface area contributed by atoms with Gasteiger partial charge >= 0.3 is 0 Å². The number of aromatic nitrogens is 5. The van der Waals surface area contributed by atoms with Crippen LogP contribution >= 0.6 is 11.3 Å². The maximum absolute atomic E-state index is 4.95. The predicted molar refractivity (Wildman–Crippen MR) is 105 cm³/mol. The first kappa shape index (κ1) is 16.0. The first-order valence-corrected chi connectivity index (χ1v) is 9.93. The van der Waals surface area contributed by atoms with E-state index in [2.05, 4.69) is 42.6 Å². The van der Waals surface area contributed by atoms with Crippen LogP contribution in [0.4, 0.5) is 0 Å². The molecule has 0 aliphatic carbocycles. The van der Waals surface area contributed by atoms with Crippen molar-refractivity contribution in [3.05, 3.63) is 35.3 Å². The number of benzene rings is 1. The van der Waals surface area contributed by atoms with Crippen molar-refractivity contribution in [1.82, 2.24) is 29.7 Å². The van der Waals surface area contributed by atoms with Gasteiger partial charge in [-0.1, -0.05) is 11.3 Å². The number of nitrogens with one attached hydrogen (secondary N) is 1. The Morgan fingerprint density at radius 1 is 1.15 bits per heavy atom. The van der Waals surface area contributed by atoms with E-state index in [4.69, 9.17) is 10.1 Å². The van der Waals surface area contributed by atoms with Crippen molar-refractivity contribution >= 4 is 27.2 Å². The lowest BCUT2D eigenvalue weighted by atomic mass is 9.94. The molecule has 1 N–H and O–H groups in total. The standard InChI is InChI=1S/C19H22N6S/c1-11-8-14(9-15-10-24(3)22-16(11)15)18-23-25-12(2)17(21-19(25)26-18)13-4-6-20-7-5-13/h8-10,13,20H,4-7H2,1-3H3. The molecule has 1 fully saturated rings. The number of hydrogen-bond donors (Lipinski definition) is 1. The molecule has 0 atom stereocenters. The Bertz CT molecular complexity index is 1110. The van der Waals surface area contributed by atoms with Gasteiger partial charge in [0.1, 0.15) is 5.01 Å². The molecule has 0 amide bonds. The van der Waals surface area contributed by atoms with Crippen molar-refractivity contribution in [2.75, 3.05) is 13.1 Å². The Balaban J connectivity index is 1.58. The molecule has 0 spiro atoms. The quantitative estimate of drug-likeness (QED) is 0.590. The van der Waals surface area contributed by atoms with E-state index in [0.717, 1.165) is 52.4 Å². The molecule has 0 unspecified atom stereocenters. The summed E-state index contributed by atoms with van der Waals surface area (Å²) in [6.07, 6.45) is 4.38. The summed E-state index contributed by atoms with van der Waals surface area (Å²) in [7, 11) is 1.96. The van der Waals surface area contributed by atoms with Crippen LogP contribution in [0.2, 0.25) is 0 Å². The summed E-state index contributed by atoms with van der Waals surface area (Å²) < 4.78 is 3.89. The predicted octanol–water partition coefficient (Wildman–Crippen LogP) is 3.43. The van der Waals surface area contributed by atoms with Gasteiger partial charge in [-0.2, -0.15) is 10.2 Å². The zero-order chi connectivity index (χ0) is 17.8. The topological polar surface area (TPSA) is 60.0 Å². The molecule has 4 heterocycles. The third kappa shape index (κ3) is 2.46. The Hall–Kier alpha value is -2.25. The minimum Gasteiger partial charge on any atom is -0.317 e. The summed E-state index contributed by atoms with van der Waals surface area (Å²) >= 11 is 1.67. The number of rotatable bonds is 2. The van der Waals surface area contributed by atoms with Gasteiger partial charge in [0, 0.05) is 30.1 Å². The van der Waals surface area contributed by atoms with Crippen molar-refractivity contribution in [2.24, 2.45) is 7.05 Å². The molecular formula is C19H22N6S. The average Bonchev–Trinajstić information content (AvgIpc) is 3.30. The number of nitrogens with zero attached hydrogens (tertiary/aromatic N) is 5. The smallest absolute Gasteiger partial charge is 0.212 e. The molecule has 7 heteroatoms. The van der Waals surface area contributed by atoms with Gasteiger partial charge in [0.2, 0.25) is 4.96 Å². The minimum atomic E-state index is 0.558. The Morgan fingerprint density at radius 2 is 1.96 bits per heavy atom. The minimum absolute atomic E-state index is 0.558. The lowest BCUT2D eigenvalue weighted by Crippen LogP contribution is -2.27. The maximum Gasteiger partial charge on any atom is 0.212 e. The molecule has 1 saturated heterocycles. The van der Waals surface area contributed by atoms with Gasteiger partial charge < -0.3 is 5.32 Å². The second kappa shape index (κ2) is 5.89. The maximum atomic E-state index is 4.95. The van der Waals surface area contributed by atoms with Gasteiger partial charge in [-0.05, 0) is 57.5 Å². The van der Waals surface area contributed by atoms with Crippen LogP contribution in [-0.2, 0) is 7.05 Å². The van der Waals surface area contributed by atoms with Crippen LogP contribution in [0.1, 0.15) is 35.7 Å². The fraction of sp³-hybridized carbons (Fsp3) is 0.421. The molecule has 1 aromatic carbocycles. The summed E-state index contributed by atoms with van der Waals surface area (Å²) in [4.78, 5) is 5.94. The van der Waals surface area contributed by atoms with E-state index < -0.39 is 0 Å². The first-order valence-electron chi connectivity index (χ1n) is 9.11. The largest absolute Gasteiger partial charge is 0.317 e. The van der Waals surface area contributed by atoms with Crippen molar-refractivity contribution in [3.8, 4) is 10.6 Å². The van der Waals surface area contributed by atoms with Crippen LogP contribution < -0.4 is 5.32 Å². The Morgan fingerprint density at radius 3 is 2.73 bits per heavy atom. The Kier molecular flexibility index (Phi) is 3.62. The van der Waals surface area contributed by atoms with E-state index in [1.807, 2.05) is 16.2 Å². The van der Waals surface area contributed by atoms with E-state index in [-0.39, 0.29) is 0 Å². The monoisotopic (exact) mass is 366 g/mol. The third-order valence-corrected chi connectivity index (χ3v) is 6.31. The van der Waals surface area contributed by atoms with Gasteiger partial charge in [0.05, 0.1) is 16.9 Å². The SMILES string of the molecule is Cc1cc(-c2nn3c(C)c(C4CCNCC4)nc3s2)cc2cn(C)nc12. The van der Waals surface area contributed by atoms with Gasteiger partial charge in [-0.25, -0.2) is 9.50 Å². The lowest BCUT2D eigenvalue weighted by Gasteiger charge is -2.21. The summed E-state index contributed by atoms with van der Waals surface area (Å²) in [5.41, 5.74) is 5.80. The van der Waals surface area contributed by atoms with Gasteiger partial charge in [0.15, 0.2) is 0 Å². The summed E-state index contributed by atoms with van der Waals surface area (Å²) in [5, 5.41) is 15.0. The molecule has 1 aliphatic heterocycles. The normalized spacial score (nSPS) is 16.1. The van der Waals surface area contributed by atoms with Crippen molar-refractivity contribution in [1.29, 1.82) is 0 Å². The highest BCUT2D eigenvalue weighted by Gasteiger charge is 2.23. The molecule has 0 saturated carbocycles. The van der Waals surface area contributed by atoms with Crippen LogP contribution in [0.5, 0.6) is 0 Å². The highest BCUT2D eigenvalue weighted by atomic mass is 32.1. The molecule has 0 radical (unpaired) electrons. The highest BCUT2D eigenvalue weighted by Crippen LogP contribution is 2.33. The molecule has 3 aromatic heterocycles. The molecule has 1 aliphatic rings. The molecule has 5 rings (SSSR count). The number of hydrogen-bond acceptors (Lipinski definition) is 5. The van der Waals surface area contributed by atoms with Crippen molar-refractivity contribution in [2.45, 2.75) is 32.6 Å². The summed E-state index contributed by atoms with van der Waals surface area (Å²) in [5.74, 6) is 0.558. The van der Waals surface area contributed by atoms with Crippen molar-refractivity contribution < 1.29 is 0 Å². The number of imidazole rings is 1. The van der Waals surface area contributed by atoms with Crippen LogP contribution in [-0.4, -0.2) is 37.5 Å². The number of aryl methyl sites for hydroxylation is 3. The highest BCUT2D eigenvalue weighted by molar-refractivity contribution is 7.19. The van der Waals surface area contributed by atoms with Crippen molar-refractivity contribution in [3.63, 3.8) is 0 Å². The second-order valence-corrected chi connectivity index (χ2v) is 8.20. The zero-order valence-corrected chi connectivity index (χ0v) is 16.1. The van der Waals surface area contributed by atoms with E-state index in [0.29, 0.717) is 5.92 Å². The van der Waals surface area contributed by atoms with Crippen LogP contribution in [0.25, 0.3) is 26.4 Å². The fourth-order valence-corrected chi connectivity index (χ4v) is 4.96. The molecular weight excluding hydrogens is 344 g/mol. The number of fused-ring (bicyclic) bond motifs is 2. The van der Waals surface area contributed by atoms with Gasteiger partial charge in [0.25, 0.3) is 0 Å². The van der Waals surface area contributed by atoms with Crippen LogP contribution in [0, 0.1) is 13.8 Å². The lowest BCUT2D eigenvalue weighted by molar-refractivity contribution is 0.453. The average molecular weight is 366 g/mol. The van der Waals surface area contributed by atoms with Crippen LogP contribution in [0.15, 0.2) is 18.3 Å². The fourth-order valence-electron chi connectivity index (χ4n) is 4.02. The third-order valence-electron chi connectivity index (χ3n) is 5.35. The van der Waals surface area contributed by atoms with E-state index >= 15 is 0 Å². The molecule has 0 bridgehead atoms. The molecule has 26 heavy (non-hydrogen) atoms. The molecule has 134 valence electrons. The molecule has 4 aromatic rings. The number of piperidine rings is 1. The molecule has 6 nitrogen and oxygen atoms in total. The van der Waals surface area contributed by atoms with E-state index in [1.165, 1.54) is 17.0 Å². The van der Waals surface area contributed by atoms with Crippen LogP contribution in [0.3, 0.4) is 0 Å². The van der Waals surface area contributed by atoms with Gasteiger partial charge in [-0.15, -0.1) is 0 Å². The van der Waals surface area contributed by atoms with Gasteiger partial charge in [-0.3, -0.25) is 4.68 Å². The Labute approximate surface area is 155 Å².